The Morgan fingerprint density at radius 3 is 1.86 bits per heavy atom. The molecule has 166 valence electrons. The molecule has 0 aromatic rings. The molecule has 1 amide bonds. The second-order valence-corrected chi connectivity index (χ2v) is 8.06. The number of unbranched alkanes of at least 4 members (excludes halogenated alkanes) is 13. The number of aliphatic hydroxyl groups excluding tert-OH is 2. The highest BCUT2D eigenvalue weighted by Gasteiger charge is 2.17. The minimum Gasteiger partial charge on any atom is -0.394 e. The van der Waals surface area contributed by atoms with Crippen LogP contribution in [0.5, 0.6) is 0 Å². The number of hydrogen-bond acceptors (Lipinski definition) is 3. The van der Waals surface area contributed by atoms with E-state index < -0.39 is 12.1 Å². The normalized spacial score (nSPS) is 13.7. The summed E-state index contributed by atoms with van der Waals surface area (Å²) in [5.41, 5.74) is 0. The lowest BCUT2D eigenvalue weighted by atomic mass is 10.0. The summed E-state index contributed by atoms with van der Waals surface area (Å²) in [7, 11) is 0. The first-order chi connectivity index (χ1) is 13.7. The number of carbonyl (C=O) groups excluding carboxylic acids is 1. The van der Waals surface area contributed by atoms with Crippen molar-refractivity contribution in [3.8, 4) is 0 Å². The Morgan fingerprint density at radius 2 is 1.32 bits per heavy atom. The average molecular weight is 398 g/mol. The lowest BCUT2D eigenvalue weighted by Crippen LogP contribution is -2.45. The first-order valence-corrected chi connectivity index (χ1v) is 11.9. The largest absolute Gasteiger partial charge is 0.394 e. The van der Waals surface area contributed by atoms with Crippen LogP contribution in [0.2, 0.25) is 0 Å². The van der Waals surface area contributed by atoms with Gasteiger partial charge in [0.25, 0.3) is 0 Å². The summed E-state index contributed by atoms with van der Waals surface area (Å²) in [4.78, 5) is 11.8. The first-order valence-electron chi connectivity index (χ1n) is 11.9. The van der Waals surface area contributed by atoms with Crippen LogP contribution in [0.3, 0.4) is 0 Å². The van der Waals surface area contributed by atoms with Crippen LogP contribution in [-0.4, -0.2) is 34.9 Å². The van der Waals surface area contributed by atoms with Crippen LogP contribution >= 0.6 is 0 Å². The molecule has 0 heterocycles. The van der Waals surface area contributed by atoms with Crippen molar-refractivity contribution in [3.63, 3.8) is 0 Å². The van der Waals surface area contributed by atoms with E-state index in [0.29, 0.717) is 6.42 Å². The van der Waals surface area contributed by atoms with E-state index in [1.54, 1.807) is 6.08 Å². The fraction of sp³-hybridized carbons (Fsp3) is 0.875. The number of carbonyl (C=O) groups is 1. The summed E-state index contributed by atoms with van der Waals surface area (Å²) < 4.78 is 0. The number of allylic oxidation sites excluding steroid dienone is 1. The monoisotopic (exact) mass is 397 g/mol. The molecule has 0 aromatic carbocycles. The smallest absolute Gasteiger partial charge is 0.220 e. The molecule has 4 nitrogen and oxygen atoms in total. The van der Waals surface area contributed by atoms with Gasteiger partial charge in [0.2, 0.25) is 5.91 Å². The Kier molecular flexibility index (Phi) is 20.2. The summed E-state index contributed by atoms with van der Waals surface area (Å²) in [6.07, 6.45) is 21.8. The van der Waals surface area contributed by atoms with Crippen LogP contribution in [0.4, 0.5) is 0 Å². The maximum absolute atomic E-state index is 11.8. The van der Waals surface area contributed by atoms with Gasteiger partial charge in [-0.05, 0) is 19.3 Å². The van der Waals surface area contributed by atoms with E-state index in [9.17, 15) is 15.0 Å². The van der Waals surface area contributed by atoms with E-state index in [1.165, 1.54) is 64.2 Å². The zero-order chi connectivity index (χ0) is 20.9. The molecule has 0 rings (SSSR count). The lowest BCUT2D eigenvalue weighted by Gasteiger charge is -2.19. The Balaban J connectivity index is 3.66. The van der Waals surface area contributed by atoms with Gasteiger partial charge in [0.1, 0.15) is 0 Å². The highest BCUT2D eigenvalue weighted by Crippen LogP contribution is 2.12. The Labute approximate surface area is 174 Å². The Hall–Kier alpha value is -0.870. The fourth-order valence-electron chi connectivity index (χ4n) is 3.35. The molecule has 4 heteroatoms. The Bertz CT molecular complexity index is 371. The van der Waals surface area contributed by atoms with Crippen molar-refractivity contribution >= 4 is 5.91 Å². The van der Waals surface area contributed by atoms with Crippen molar-refractivity contribution in [1.82, 2.24) is 5.32 Å². The molecule has 0 aliphatic heterocycles. The van der Waals surface area contributed by atoms with E-state index in [0.717, 1.165) is 32.1 Å². The van der Waals surface area contributed by atoms with E-state index in [4.69, 9.17) is 0 Å². The van der Waals surface area contributed by atoms with Crippen molar-refractivity contribution < 1.29 is 15.0 Å². The third-order valence-electron chi connectivity index (χ3n) is 5.27. The van der Waals surface area contributed by atoms with Gasteiger partial charge in [0, 0.05) is 6.42 Å². The highest BCUT2D eigenvalue weighted by atomic mass is 16.3. The molecule has 0 saturated heterocycles. The van der Waals surface area contributed by atoms with Crippen LogP contribution < -0.4 is 5.32 Å². The van der Waals surface area contributed by atoms with Crippen LogP contribution in [0, 0.1) is 0 Å². The maximum atomic E-state index is 11.8. The predicted octanol–water partition coefficient (Wildman–Crippen LogP) is 5.66. The second kappa shape index (κ2) is 20.9. The summed E-state index contributed by atoms with van der Waals surface area (Å²) in [6, 6.07) is -0.609. The number of hydrogen-bond donors (Lipinski definition) is 3. The van der Waals surface area contributed by atoms with E-state index in [2.05, 4.69) is 19.2 Å². The number of rotatable bonds is 20. The number of nitrogens with one attached hydrogen (secondary N) is 1. The summed E-state index contributed by atoms with van der Waals surface area (Å²) in [5, 5.41) is 22.3. The average Bonchev–Trinajstić information content (AvgIpc) is 2.69. The summed E-state index contributed by atoms with van der Waals surface area (Å²) in [5.74, 6) is -0.0923. The molecule has 28 heavy (non-hydrogen) atoms. The van der Waals surface area contributed by atoms with Crippen LogP contribution in [-0.2, 0) is 4.79 Å². The molecule has 2 atom stereocenters. The van der Waals surface area contributed by atoms with Gasteiger partial charge in [-0.1, -0.05) is 103 Å². The standard InChI is InChI=1S/C24H47NO3/c1-3-5-7-8-9-10-11-12-13-14-15-16-18-19-23(27)22(21-26)25-24(28)20-17-6-4-2/h18-19,22-23,26-27H,3-17,20-21H2,1-2H3,(H,25,28)/t22-,23-/m1/s1. The SMILES string of the molecule is CCCCCCCCCCCCCC=C[C@@H](O)[C@@H](CO)NC(=O)CCCCC. The topological polar surface area (TPSA) is 69.6 Å². The van der Waals surface area contributed by atoms with Gasteiger partial charge >= 0.3 is 0 Å². The minimum atomic E-state index is -0.826. The van der Waals surface area contributed by atoms with Gasteiger partial charge in [-0.3, -0.25) is 4.79 Å². The van der Waals surface area contributed by atoms with E-state index >= 15 is 0 Å². The first kappa shape index (κ1) is 27.1. The van der Waals surface area contributed by atoms with Gasteiger partial charge < -0.3 is 15.5 Å². The molecular weight excluding hydrogens is 350 g/mol. The molecule has 0 unspecified atom stereocenters. The lowest BCUT2D eigenvalue weighted by molar-refractivity contribution is -0.123. The van der Waals surface area contributed by atoms with Crippen molar-refractivity contribution in [1.29, 1.82) is 0 Å². The van der Waals surface area contributed by atoms with Crippen molar-refractivity contribution in [3.05, 3.63) is 12.2 Å². The minimum absolute atomic E-state index is 0.0923. The Morgan fingerprint density at radius 1 is 0.821 bits per heavy atom. The third-order valence-corrected chi connectivity index (χ3v) is 5.27. The molecule has 0 aliphatic carbocycles. The van der Waals surface area contributed by atoms with Gasteiger partial charge in [-0.2, -0.15) is 0 Å². The number of amides is 1. The van der Waals surface area contributed by atoms with Gasteiger partial charge in [-0.25, -0.2) is 0 Å². The zero-order valence-corrected chi connectivity index (χ0v) is 18.6. The van der Waals surface area contributed by atoms with Crippen molar-refractivity contribution in [2.24, 2.45) is 0 Å². The third kappa shape index (κ3) is 17.2. The number of aliphatic hydroxyl groups is 2. The molecule has 0 spiro atoms. The highest BCUT2D eigenvalue weighted by molar-refractivity contribution is 5.76. The summed E-state index contributed by atoms with van der Waals surface area (Å²) in [6.45, 7) is 4.11. The molecule has 0 aromatic heterocycles. The van der Waals surface area contributed by atoms with Crippen LogP contribution in [0.15, 0.2) is 12.2 Å². The molecule has 0 bridgehead atoms. The molecule has 0 radical (unpaired) electrons. The predicted molar refractivity (Wildman–Crippen MR) is 119 cm³/mol. The molecular formula is C24H47NO3. The van der Waals surface area contributed by atoms with Crippen LogP contribution in [0.25, 0.3) is 0 Å². The maximum Gasteiger partial charge on any atom is 0.220 e. The second-order valence-electron chi connectivity index (χ2n) is 8.06. The molecule has 3 N–H and O–H groups in total. The van der Waals surface area contributed by atoms with E-state index in [-0.39, 0.29) is 12.5 Å². The van der Waals surface area contributed by atoms with E-state index in [1.807, 2.05) is 6.08 Å². The van der Waals surface area contributed by atoms with Gasteiger partial charge in [0.15, 0.2) is 0 Å². The van der Waals surface area contributed by atoms with Gasteiger partial charge in [0.05, 0.1) is 18.8 Å². The van der Waals surface area contributed by atoms with Crippen LogP contribution in [0.1, 0.15) is 117 Å². The van der Waals surface area contributed by atoms with Crippen molar-refractivity contribution in [2.45, 2.75) is 129 Å². The van der Waals surface area contributed by atoms with Crippen molar-refractivity contribution in [2.75, 3.05) is 6.61 Å². The molecule has 0 aliphatic rings. The fourth-order valence-corrected chi connectivity index (χ4v) is 3.35. The molecule has 0 fully saturated rings. The zero-order valence-electron chi connectivity index (χ0n) is 18.6. The van der Waals surface area contributed by atoms with Gasteiger partial charge in [-0.15, -0.1) is 0 Å². The quantitative estimate of drug-likeness (QED) is 0.183. The molecule has 0 saturated carbocycles. The summed E-state index contributed by atoms with van der Waals surface area (Å²) >= 11 is 0.